The molecule has 116 valence electrons. The van der Waals surface area contributed by atoms with Gasteiger partial charge < -0.3 is 15.2 Å². The summed E-state index contributed by atoms with van der Waals surface area (Å²) in [7, 11) is 0. The molecule has 3 amide bonds. The number of imide groups is 1. The largest absolute Gasteiger partial charge is 0.482 e. The molecule has 0 saturated heterocycles. The highest BCUT2D eigenvalue weighted by atomic mass is 32.1. The number of hydrogen-bond acceptors (Lipinski definition) is 5. The third kappa shape index (κ3) is 5.82. The molecule has 0 spiro atoms. The molecular formula is C13H18N2O5S. The molecule has 0 aliphatic heterocycles. The lowest BCUT2D eigenvalue weighted by Crippen LogP contribution is -2.49. The van der Waals surface area contributed by atoms with Crippen LogP contribution in [0.3, 0.4) is 0 Å². The van der Waals surface area contributed by atoms with Gasteiger partial charge in [0.25, 0.3) is 5.91 Å². The van der Waals surface area contributed by atoms with Gasteiger partial charge in [-0.05, 0) is 33.8 Å². The summed E-state index contributed by atoms with van der Waals surface area (Å²) in [4.78, 5) is 34.8. The van der Waals surface area contributed by atoms with Crippen LogP contribution in [0.25, 0.3) is 0 Å². The van der Waals surface area contributed by atoms with Crippen LogP contribution >= 0.6 is 11.3 Å². The van der Waals surface area contributed by atoms with Gasteiger partial charge in [0.1, 0.15) is 5.75 Å². The molecule has 21 heavy (non-hydrogen) atoms. The molecule has 1 aromatic heterocycles. The second kappa shape index (κ2) is 6.57. The number of carbonyl (C=O) groups is 3. The third-order valence-electron chi connectivity index (χ3n) is 2.12. The summed E-state index contributed by atoms with van der Waals surface area (Å²) in [6.45, 7) is 6.64. The van der Waals surface area contributed by atoms with Gasteiger partial charge in [-0.2, -0.15) is 0 Å². The van der Waals surface area contributed by atoms with Crippen LogP contribution in [0.4, 0.5) is 4.79 Å². The molecule has 8 heteroatoms. The number of carbonyl (C=O) groups excluding carboxylic acids is 2. The predicted octanol–water partition coefficient (Wildman–Crippen LogP) is 1.76. The molecule has 0 aliphatic carbocycles. The molecule has 1 aromatic rings. The summed E-state index contributed by atoms with van der Waals surface area (Å²) in [6, 6.07) is 0.910. The minimum Gasteiger partial charge on any atom is -0.482 e. The lowest BCUT2D eigenvalue weighted by Gasteiger charge is -2.20. The van der Waals surface area contributed by atoms with E-state index < -0.39 is 30.1 Å². The number of carboxylic acids is 1. The topological polar surface area (TPSA) is 105 Å². The van der Waals surface area contributed by atoms with Gasteiger partial charge in [0.15, 0.2) is 11.5 Å². The van der Waals surface area contributed by atoms with Crippen molar-refractivity contribution in [2.24, 2.45) is 0 Å². The summed E-state index contributed by atoms with van der Waals surface area (Å²) in [6.07, 6.45) is 0. The molecule has 7 nitrogen and oxygen atoms in total. The van der Waals surface area contributed by atoms with Gasteiger partial charge in [-0.1, -0.05) is 0 Å². The molecule has 0 unspecified atom stereocenters. The Hall–Kier alpha value is -2.09. The van der Waals surface area contributed by atoms with Crippen molar-refractivity contribution in [3.63, 3.8) is 0 Å². The Kier molecular flexibility index (Phi) is 5.31. The molecule has 0 saturated carbocycles. The fourth-order valence-electron chi connectivity index (χ4n) is 1.43. The maximum Gasteiger partial charge on any atom is 0.349 e. The van der Waals surface area contributed by atoms with Crippen molar-refractivity contribution in [2.45, 2.75) is 33.2 Å². The first-order valence-corrected chi connectivity index (χ1v) is 6.98. The summed E-state index contributed by atoms with van der Waals surface area (Å²) in [5.74, 6) is -1.65. The standard InChI is InChI=1S/C13H18N2O5S/c1-7-5-8(10(21-7)11(17)18)20-6-9(16)14-12(19)15-13(2,3)4/h5H,6H2,1-4H3,(H,17,18)(H2,14,15,16,19). The molecule has 1 rings (SSSR count). The van der Waals surface area contributed by atoms with E-state index in [0.717, 1.165) is 16.2 Å². The van der Waals surface area contributed by atoms with E-state index in [1.54, 1.807) is 27.7 Å². The van der Waals surface area contributed by atoms with E-state index in [-0.39, 0.29) is 10.6 Å². The SMILES string of the molecule is Cc1cc(OCC(=O)NC(=O)NC(C)(C)C)c(C(=O)O)s1. The predicted molar refractivity (Wildman–Crippen MR) is 77.9 cm³/mol. The van der Waals surface area contributed by atoms with E-state index in [9.17, 15) is 14.4 Å². The highest BCUT2D eigenvalue weighted by molar-refractivity contribution is 7.14. The first kappa shape index (κ1) is 17.0. The Morgan fingerprint density at radius 1 is 1.33 bits per heavy atom. The van der Waals surface area contributed by atoms with Crippen molar-refractivity contribution < 1.29 is 24.2 Å². The van der Waals surface area contributed by atoms with Crippen LogP contribution in [-0.2, 0) is 4.79 Å². The Morgan fingerprint density at radius 3 is 2.48 bits per heavy atom. The van der Waals surface area contributed by atoms with Crippen molar-refractivity contribution in [1.29, 1.82) is 0 Å². The Bertz CT molecular complexity index is 559. The van der Waals surface area contributed by atoms with Crippen LogP contribution in [0.2, 0.25) is 0 Å². The van der Waals surface area contributed by atoms with Crippen LogP contribution in [0, 0.1) is 6.92 Å². The number of carboxylic acid groups (broad SMARTS) is 1. The normalized spacial score (nSPS) is 10.9. The molecule has 0 atom stereocenters. The molecule has 0 aromatic carbocycles. The first-order chi connectivity index (χ1) is 9.58. The van der Waals surface area contributed by atoms with E-state index in [0.29, 0.717) is 0 Å². The van der Waals surface area contributed by atoms with Gasteiger partial charge in [0.2, 0.25) is 0 Å². The highest BCUT2D eigenvalue weighted by Gasteiger charge is 2.18. The monoisotopic (exact) mass is 314 g/mol. The molecule has 0 radical (unpaired) electrons. The second-order valence-electron chi connectivity index (χ2n) is 5.40. The third-order valence-corrected chi connectivity index (χ3v) is 3.14. The number of nitrogens with one attached hydrogen (secondary N) is 2. The second-order valence-corrected chi connectivity index (χ2v) is 6.65. The lowest BCUT2D eigenvalue weighted by molar-refractivity contribution is -0.122. The van der Waals surface area contributed by atoms with E-state index in [1.807, 2.05) is 0 Å². The van der Waals surface area contributed by atoms with Gasteiger partial charge in [0.05, 0.1) is 0 Å². The zero-order valence-electron chi connectivity index (χ0n) is 12.3. The number of aryl methyl sites for hydroxylation is 1. The zero-order valence-corrected chi connectivity index (χ0v) is 13.1. The quantitative estimate of drug-likeness (QED) is 0.785. The van der Waals surface area contributed by atoms with Crippen LogP contribution in [-0.4, -0.2) is 35.2 Å². The first-order valence-electron chi connectivity index (χ1n) is 6.17. The molecule has 0 bridgehead atoms. The zero-order chi connectivity index (χ0) is 16.2. The fourth-order valence-corrected chi connectivity index (χ4v) is 2.22. The number of urea groups is 1. The molecular weight excluding hydrogens is 296 g/mol. The number of aromatic carboxylic acids is 1. The van der Waals surface area contributed by atoms with E-state index >= 15 is 0 Å². The highest BCUT2D eigenvalue weighted by Crippen LogP contribution is 2.28. The van der Waals surface area contributed by atoms with Crippen molar-refractivity contribution in [1.82, 2.24) is 10.6 Å². The van der Waals surface area contributed by atoms with Crippen LogP contribution in [0.15, 0.2) is 6.07 Å². The maximum atomic E-state index is 11.6. The number of rotatable bonds is 4. The fraction of sp³-hybridized carbons (Fsp3) is 0.462. The average molecular weight is 314 g/mol. The summed E-state index contributed by atoms with van der Waals surface area (Å²) in [5, 5.41) is 13.7. The number of thiophene rings is 1. The number of ether oxygens (including phenoxy) is 1. The van der Waals surface area contributed by atoms with E-state index in [1.165, 1.54) is 6.07 Å². The smallest absolute Gasteiger partial charge is 0.349 e. The Labute approximate surface area is 126 Å². The van der Waals surface area contributed by atoms with Gasteiger partial charge >= 0.3 is 12.0 Å². The van der Waals surface area contributed by atoms with E-state index in [4.69, 9.17) is 9.84 Å². The van der Waals surface area contributed by atoms with Crippen molar-refractivity contribution in [2.75, 3.05) is 6.61 Å². The molecule has 1 heterocycles. The summed E-state index contributed by atoms with van der Waals surface area (Å²) < 4.78 is 5.15. The minimum atomic E-state index is -1.12. The Morgan fingerprint density at radius 2 is 1.95 bits per heavy atom. The van der Waals surface area contributed by atoms with E-state index in [2.05, 4.69) is 10.6 Å². The van der Waals surface area contributed by atoms with Crippen molar-refractivity contribution in [3.8, 4) is 5.75 Å². The molecule has 3 N–H and O–H groups in total. The number of hydrogen-bond donors (Lipinski definition) is 3. The van der Waals surface area contributed by atoms with Crippen molar-refractivity contribution in [3.05, 3.63) is 15.8 Å². The lowest BCUT2D eigenvalue weighted by atomic mass is 10.1. The van der Waals surface area contributed by atoms with Crippen LogP contribution < -0.4 is 15.4 Å². The van der Waals surface area contributed by atoms with Gasteiger partial charge in [-0.15, -0.1) is 11.3 Å². The summed E-state index contributed by atoms with van der Waals surface area (Å²) in [5.41, 5.74) is -0.466. The van der Waals surface area contributed by atoms with Gasteiger partial charge in [-0.25, -0.2) is 9.59 Å². The maximum absolute atomic E-state index is 11.6. The van der Waals surface area contributed by atoms with Crippen molar-refractivity contribution >= 4 is 29.2 Å². The molecule has 0 fully saturated rings. The average Bonchev–Trinajstić information content (AvgIpc) is 2.65. The summed E-state index contributed by atoms with van der Waals surface area (Å²) >= 11 is 1.06. The van der Waals surface area contributed by atoms with Crippen LogP contribution in [0.1, 0.15) is 35.3 Å². The minimum absolute atomic E-state index is 0.0273. The number of amides is 3. The van der Waals surface area contributed by atoms with Gasteiger partial charge in [0, 0.05) is 10.4 Å². The molecule has 0 aliphatic rings. The Balaban J connectivity index is 2.54. The van der Waals surface area contributed by atoms with Gasteiger partial charge in [-0.3, -0.25) is 10.1 Å². The van der Waals surface area contributed by atoms with Crippen LogP contribution in [0.5, 0.6) is 5.75 Å².